The molecule has 0 saturated carbocycles. The van der Waals surface area contributed by atoms with E-state index in [1.807, 2.05) is 42.2 Å². The van der Waals surface area contributed by atoms with Gasteiger partial charge in [-0.2, -0.15) is 5.10 Å². The van der Waals surface area contributed by atoms with Crippen molar-refractivity contribution in [3.8, 4) is 5.69 Å². The zero-order valence-corrected chi connectivity index (χ0v) is 10.8. The predicted molar refractivity (Wildman–Crippen MR) is 70.7 cm³/mol. The van der Waals surface area contributed by atoms with Crippen molar-refractivity contribution in [3.63, 3.8) is 0 Å². The largest absolute Gasteiger partial charge is 0.313 e. The van der Waals surface area contributed by atoms with Gasteiger partial charge in [0.05, 0.1) is 11.9 Å². The fourth-order valence-corrected chi connectivity index (χ4v) is 1.97. The summed E-state index contributed by atoms with van der Waals surface area (Å²) in [7, 11) is 0. The minimum Gasteiger partial charge on any atom is -0.313 e. The topological polar surface area (TPSA) is 29.9 Å². The Morgan fingerprint density at radius 2 is 2.24 bits per heavy atom. The van der Waals surface area contributed by atoms with E-state index < -0.39 is 0 Å². The predicted octanol–water partition coefficient (Wildman–Crippen LogP) is 2.94. The minimum atomic E-state index is 0.754. The lowest BCUT2D eigenvalue weighted by Crippen LogP contribution is -2.14. The maximum Gasteiger partial charge on any atom is 0.0705 e. The molecule has 1 aromatic heterocycles. The van der Waals surface area contributed by atoms with Crippen molar-refractivity contribution in [2.24, 2.45) is 0 Å². The lowest BCUT2D eigenvalue weighted by Gasteiger charge is -2.11. The van der Waals surface area contributed by atoms with E-state index in [1.165, 1.54) is 0 Å². The van der Waals surface area contributed by atoms with E-state index in [4.69, 9.17) is 11.6 Å². The summed E-state index contributed by atoms with van der Waals surface area (Å²) in [6.45, 7) is 5.78. The van der Waals surface area contributed by atoms with Gasteiger partial charge >= 0.3 is 0 Å². The van der Waals surface area contributed by atoms with Gasteiger partial charge in [-0.05, 0) is 31.2 Å². The third-order valence-electron chi connectivity index (χ3n) is 2.60. The molecule has 0 fully saturated rings. The Bertz CT molecular complexity index is 505. The molecular formula is C13H16ClN3. The van der Waals surface area contributed by atoms with Crippen molar-refractivity contribution in [3.05, 3.63) is 46.7 Å². The SMILES string of the molecule is CCNCc1c(Cl)cccc1-n1cc(C)cn1. The lowest BCUT2D eigenvalue weighted by molar-refractivity contribution is 0.717. The summed E-state index contributed by atoms with van der Waals surface area (Å²) in [4.78, 5) is 0. The number of aromatic nitrogens is 2. The highest BCUT2D eigenvalue weighted by molar-refractivity contribution is 6.31. The number of nitrogens with zero attached hydrogens (tertiary/aromatic N) is 2. The van der Waals surface area contributed by atoms with Crippen molar-refractivity contribution in [2.75, 3.05) is 6.54 Å². The summed E-state index contributed by atoms with van der Waals surface area (Å²) in [5.74, 6) is 0. The summed E-state index contributed by atoms with van der Waals surface area (Å²) in [5, 5.41) is 8.40. The maximum atomic E-state index is 6.24. The molecule has 0 amide bonds. The average Bonchev–Trinajstić information content (AvgIpc) is 2.74. The van der Waals surface area contributed by atoms with Gasteiger partial charge in [0.2, 0.25) is 0 Å². The van der Waals surface area contributed by atoms with E-state index in [-0.39, 0.29) is 0 Å². The van der Waals surface area contributed by atoms with Crippen molar-refractivity contribution in [1.82, 2.24) is 15.1 Å². The van der Waals surface area contributed by atoms with Gasteiger partial charge in [0.1, 0.15) is 0 Å². The Morgan fingerprint density at radius 3 is 2.88 bits per heavy atom. The summed E-state index contributed by atoms with van der Waals surface area (Å²) in [5.41, 5.74) is 3.25. The standard InChI is InChI=1S/C13H16ClN3/c1-3-15-8-11-12(14)5-4-6-13(11)17-9-10(2)7-16-17/h4-7,9,15H,3,8H2,1-2H3. The minimum absolute atomic E-state index is 0.754. The average molecular weight is 250 g/mol. The molecule has 1 N–H and O–H groups in total. The van der Waals surface area contributed by atoms with Crippen LogP contribution in [0.3, 0.4) is 0 Å². The van der Waals surface area contributed by atoms with Crippen LogP contribution in [0.4, 0.5) is 0 Å². The first-order valence-corrected chi connectivity index (χ1v) is 6.10. The highest BCUT2D eigenvalue weighted by atomic mass is 35.5. The second-order valence-corrected chi connectivity index (χ2v) is 4.39. The van der Waals surface area contributed by atoms with E-state index in [0.29, 0.717) is 0 Å². The van der Waals surface area contributed by atoms with Gasteiger partial charge in [0.15, 0.2) is 0 Å². The highest BCUT2D eigenvalue weighted by Gasteiger charge is 2.08. The van der Waals surface area contributed by atoms with Gasteiger partial charge in [0, 0.05) is 23.3 Å². The van der Waals surface area contributed by atoms with Crippen molar-refractivity contribution in [2.45, 2.75) is 20.4 Å². The number of rotatable bonds is 4. The first kappa shape index (κ1) is 12.1. The van der Waals surface area contributed by atoms with Crippen molar-refractivity contribution >= 4 is 11.6 Å². The second kappa shape index (κ2) is 5.34. The Kier molecular flexibility index (Phi) is 3.82. The van der Waals surface area contributed by atoms with Crippen LogP contribution in [0.2, 0.25) is 5.02 Å². The highest BCUT2D eigenvalue weighted by Crippen LogP contribution is 2.23. The lowest BCUT2D eigenvalue weighted by atomic mass is 10.1. The summed E-state index contributed by atoms with van der Waals surface area (Å²) < 4.78 is 1.87. The molecule has 0 spiro atoms. The fourth-order valence-electron chi connectivity index (χ4n) is 1.73. The Balaban J connectivity index is 2.42. The number of aryl methyl sites for hydroxylation is 1. The number of halogens is 1. The first-order chi connectivity index (χ1) is 8.22. The van der Waals surface area contributed by atoms with Gasteiger partial charge in [-0.25, -0.2) is 4.68 Å². The van der Waals surface area contributed by atoms with Crippen LogP contribution in [0.25, 0.3) is 5.69 Å². The van der Waals surface area contributed by atoms with Gasteiger partial charge in [-0.15, -0.1) is 0 Å². The van der Waals surface area contributed by atoms with E-state index >= 15 is 0 Å². The number of nitrogens with one attached hydrogen (secondary N) is 1. The van der Waals surface area contributed by atoms with Crippen molar-refractivity contribution in [1.29, 1.82) is 0 Å². The molecule has 2 aromatic rings. The normalized spacial score (nSPS) is 10.8. The molecule has 4 heteroatoms. The third-order valence-corrected chi connectivity index (χ3v) is 2.96. The van der Waals surface area contributed by atoms with Gasteiger partial charge < -0.3 is 5.32 Å². The molecule has 0 radical (unpaired) electrons. The third kappa shape index (κ3) is 2.68. The van der Waals surface area contributed by atoms with Crippen molar-refractivity contribution < 1.29 is 0 Å². The molecule has 90 valence electrons. The number of benzene rings is 1. The molecule has 0 aliphatic carbocycles. The summed E-state index contributed by atoms with van der Waals surface area (Å²) >= 11 is 6.24. The molecule has 1 heterocycles. The molecular weight excluding hydrogens is 234 g/mol. The molecule has 0 bridgehead atoms. The quantitative estimate of drug-likeness (QED) is 0.903. The van der Waals surface area contributed by atoms with Gasteiger partial charge in [-0.3, -0.25) is 0 Å². The zero-order chi connectivity index (χ0) is 12.3. The van der Waals surface area contributed by atoms with Crippen LogP contribution in [0.15, 0.2) is 30.6 Å². The maximum absolute atomic E-state index is 6.24. The zero-order valence-electron chi connectivity index (χ0n) is 10.1. The van der Waals surface area contributed by atoms with E-state index in [9.17, 15) is 0 Å². The Morgan fingerprint density at radius 1 is 1.41 bits per heavy atom. The van der Waals surface area contributed by atoms with E-state index in [0.717, 1.165) is 34.9 Å². The molecule has 0 atom stereocenters. The smallest absolute Gasteiger partial charge is 0.0705 e. The molecule has 0 aliphatic heterocycles. The van der Waals surface area contributed by atoms with Crippen LogP contribution >= 0.6 is 11.6 Å². The monoisotopic (exact) mass is 249 g/mol. The Labute approximate surface area is 106 Å². The molecule has 17 heavy (non-hydrogen) atoms. The van der Waals surface area contributed by atoms with Gasteiger partial charge in [-0.1, -0.05) is 24.6 Å². The van der Waals surface area contributed by atoms with Crippen LogP contribution in [-0.2, 0) is 6.54 Å². The van der Waals surface area contributed by atoms with Crippen LogP contribution in [0, 0.1) is 6.92 Å². The summed E-state index contributed by atoms with van der Waals surface area (Å²) in [6, 6.07) is 5.89. The fraction of sp³-hybridized carbons (Fsp3) is 0.308. The van der Waals surface area contributed by atoms with E-state index in [1.54, 1.807) is 0 Å². The molecule has 0 saturated heterocycles. The van der Waals surface area contributed by atoms with Gasteiger partial charge in [0.25, 0.3) is 0 Å². The first-order valence-electron chi connectivity index (χ1n) is 5.72. The Hall–Kier alpha value is -1.32. The molecule has 0 aliphatic rings. The van der Waals surface area contributed by atoms with E-state index in [2.05, 4.69) is 17.3 Å². The summed E-state index contributed by atoms with van der Waals surface area (Å²) in [6.07, 6.45) is 3.85. The second-order valence-electron chi connectivity index (χ2n) is 3.98. The number of hydrogen-bond acceptors (Lipinski definition) is 2. The van der Waals surface area contributed by atoms with Crippen LogP contribution in [0.1, 0.15) is 18.1 Å². The van der Waals surface area contributed by atoms with Crippen LogP contribution < -0.4 is 5.32 Å². The van der Waals surface area contributed by atoms with Crippen LogP contribution in [-0.4, -0.2) is 16.3 Å². The molecule has 3 nitrogen and oxygen atoms in total. The van der Waals surface area contributed by atoms with Crippen LogP contribution in [0.5, 0.6) is 0 Å². The molecule has 0 unspecified atom stereocenters. The molecule has 1 aromatic carbocycles. The number of hydrogen-bond donors (Lipinski definition) is 1. The molecule has 2 rings (SSSR count).